The second-order valence-electron chi connectivity index (χ2n) is 10.1. The van der Waals surface area contributed by atoms with Crippen molar-refractivity contribution < 1.29 is 23.4 Å². The molecule has 11 heteroatoms. The summed E-state index contributed by atoms with van der Waals surface area (Å²) in [5, 5.41) is 3.85. The smallest absolute Gasteiger partial charge is 0.230 e. The Balaban J connectivity index is 1.40. The molecule has 5 rings (SSSR count). The molecular weight excluding hydrogens is 521 g/mol. The molecular formula is C28H32FN5O4S. The number of thiocarbonyl (C=S) groups is 1. The zero-order valence-electron chi connectivity index (χ0n) is 22.1. The number of rotatable bonds is 8. The number of carbonyl (C=O) groups is 1. The maximum Gasteiger partial charge on any atom is 0.230 e. The Kier molecular flexibility index (Phi) is 7.81. The lowest BCUT2D eigenvalue weighted by Crippen LogP contribution is -2.39. The minimum atomic E-state index is -0.712. The Morgan fingerprint density at radius 2 is 1.92 bits per heavy atom. The number of carbonyl (C=O) groups excluding carboxylic acids is 1. The molecule has 1 aliphatic carbocycles. The fraction of sp³-hybridized carbons (Fsp3) is 0.429. The molecule has 1 saturated heterocycles. The minimum Gasteiger partial charge on any atom is -0.493 e. The van der Waals surface area contributed by atoms with Crippen LogP contribution in [-0.4, -0.2) is 47.3 Å². The number of nitrogens with two attached hydrogens (primary N) is 1. The van der Waals surface area contributed by atoms with Crippen molar-refractivity contribution in [1.29, 1.82) is 0 Å². The van der Waals surface area contributed by atoms with E-state index in [0.717, 1.165) is 55.2 Å². The summed E-state index contributed by atoms with van der Waals surface area (Å²) in [6, 6.07) is 7.57. The summed E-state index contributed by atoms with van der Waals surface area (Å²) >= 11 is 4.91. The number of fused-ring (bicyclic) bond motifs is 2. The third-order valence-electron chi connectivity index (χ3n) is 7.70. The largest absolute Gasteiger partial charge is 0.493 e. The lowest BCUT2D eigenvalue weighted by Gasteiger charge is -2.25. The Morgan fingerprint density at radius 1 is 1.18 bits per heavy atom. The van der Waals surface area contributed by atoms with Gasteiger partial charge in [0.25, 0.3) is 0 Å². The second-order valence-corrected chi connectivity index (χ2v) is 10.5. The molecule has 1 aliphatic heterocycles. The molecule has 3 aromatic rings. The van der Waals surface area contributed by atoms with E-state index in [-0.39, 0.29) is 28.5 Å². The van der Waals surface area contributed by atoms with Gasteiger partial charge in [-0.2, -0.15) is 0 Å². The van der Waals surface area contributed by atoms with Crippen LogP contribution in [0.1, 0.15) is 33.1 Å². The van der Waals surface area contributed by atoms with Gasteiger partial charge in [-0.25, -0.2) is 14.4 Å². The number of anilines is 1. The molecule has 39 heavy (non-hydrogen) atoms. The van der Waals surface area contributed by atoms with Gasteiger partial charge in [0.15, 0.2) is 28.2 Å². The van der Waals surface area contributed by atoms with E-state index in [1.165, 1.54) is 25.4 Å². The van der Waals surface area contributed by atoms with Crippen molar-refractivity contribution in [2.24, 2.45) is 23.5 Å². The number of hydrogen-bond donors (Lipinski definition) is 2. The average Bonchev–Trinajstić information content (AvgIpc) is 3.51. The van der Waals surface area contributed by atoms with Gasteiger partial charge in [-0.1, -0.05) is 6.92 Å². The van der Waals surface area contributed by atoms with Crippen molar-refractivity contribution >= 4 is 39.8 Å². The van der Waals surface area contributed by atoms with E-state index in [4.69, 9.17) is 32.2 Å². The van der Waals surface area contributed by atoms with E-state index in [1.807, 2.05) is 6.07 Å². The van der Waals surface area contributed by atoms with Crippen LogP contribution in [0.3, 0.4) is 0 Å². The predicted octanol–water partition coefficient (Wildman–Crippen LogP) is 4.57. The monoisotopic (exact) mass is 553 g/mol. The summed E-state index contributed by atoms with van der Waals surface area (Å²) in [4.78, 5) is 21.5. The van der Waals surface area contributed by atoms with Crippen LogP contribution < -0.4 is 30.2 Å². The van der Waals surface area contributed by atoms with E-state index in [9.17, 15) is 4.79 Å². The number of amides is 1. The molecule has 2 heterocycles. The lowest BCUT2D eigenvalue weighted by molar-refractivity contribution is -0.115. The zero-order chi connectivity index (χ0) is 27.7. The van der Waals surface area contributed by atoms with Crippen LogP contribution in [0.2, 0.25) is 0 Å². The van der Waals surface area contributed by atoms with Gasteiger partial charge in [0.1, 0.15) is 12.4 Å². The molecule has 1 aromatic heterocycles. The summed E-state index contributed by atoms with van der Waals surface area (Å²) in [6.07, 6.45) is 4.65. The van der Waals surface area contributed by atoms with Crippen molar-refractivity contribution in [1.82, 2.24) is 15.3 Å². The normalized spacial score (nSPS) is 20.9. The summed E-state index contributed by atoms with van der Waals surface area (Å²) in [5.41, 5.74) is 6.39. The molecule has 2 aliphatic rings. The Hall–Kier alpha value is -3.57. The molecule has 3 atom stereocenters. The molecule has 2 fully saturated rings. The highest BCUT2D eigenvalue weighted by atomic mass is 32.1. The van der Waals surface area contributed by atoms with Crippen LogP contribution in [-0.2, 0) is 4.79 Å². The van der Waals surface area contributed by atoms with E-state index in [1.54, 1.807) is 13.2 Å². The van der Waals surface area contributed by atoms with Crippen molar-refractivity contribution in [3.63, 3.8) is 0 Å². The van der Waals surface area contributed by atoms with Gasteiger partial charge in [0.2, 0.25) is 11.8 Å². The van der Waals surface area contributed by atoms with Gasteiger partial charge in [-0.3, -0.25) is 9.69 Å². The summed E-state index contributed by atoms with van der Waals surface area (Å²) in [5.74, 6) is 2.00. The molecule has 9 nitrogen and oxygen atoms in total. The number of hydrogen-bond acceptors (Lipinski definition) is 8. The van der Waals surface area contributed by atoms with Gasteiger partial charge in [0, 0.05) is 19.1 Å². The van der Waals surface area contributed by atoms with Gasteiger partial charge < -0.3 is 25.3 Å². The summed E-state index contributed by atoms with van der Waals surface area (Å²) in [7, 11) is 1.58. The molecule has 1 amide bonds. The fourth-order valence-corrected chi connectivity index (χ4v) is 6.08. The van der Waals surface area contributed by atoms with Gasteiger partial charge >= 0.3 is 0 Å². The predicted molar refractivity (Wildman–Crippen MR) is 150 cm³/mol. The topological polar surface area (TPSA) is 112 Å². The lowest BCUT2D eigenvalue weighted by atomic mass is 9.96. The first-order valence-electron chi connectivity index (χ1n) is 13.1. The van der Waals surface area contributed by atoms with Crippen molar-refractivity contribution in [2.45, 2.75) is 39.2 Å². The first-order valence-corrected chi connectivity index (χ1v) is 13.5. The van der Waals surface area contributed by atoms with Crippen LogP contribution in [0, 0.1) is 23.6 Å². The summed E-state index contributed by atoms with van der Waals surface area (Å²) < 4.78 is 33.1. The molecule has 0 bridgehead atoms. The average molecular weight is 554 g/mol. The summed E-state index contributed by atoms with van der Waals surface area (Å²) in [6.45, 7) is 5.62. The number of nitrogens with one attached hydrogen (secondary N) is 1. The molecule has 3 unspecified atom stereocenters. The number of halogens is 1. The number of methoxy groups -OCH3 is 1. The van der Waals surface area contributed by atoms with E-state index >= 15 is 4.39 Å². The number of ether oxygens (including phenoxy) is 3. The second kappa shape index (κ2) is 11.3. The first kappa shape index (κ1) is 27.0. The highest BCUT2D eigenvalue weighted by Crippen LogP contribution is 2.43. The van der Waals surface area contributed by atoms with E-state index < -0.39 is 11.7 Å². The van der Waals surface area contributed by atoms with E-state index in [0.29, 0.717) is 28.3 Å². The fourth-order valence-electron chi connectivity index (χ4n) is 5.85. The van der Waals surface area contributed by atoms with E-state index in [2.05, 4.69) is 22.2 Å². The van der Waals surface area contributed by atoms with Crippen molar-refractivity contribution in [2.75, 3.05) is 25.1 Å². The Labute approximate surface area is 231 Å². The van der Waals surface area contributed by atoms with Crippen LogP contribution in [0.15, 0.2) is 36.7 Å². The molecule has 3 N–H and O–H groups in total. The molecule has 2 aromatic carbocycles. The van der Waals surface area contributed by atoms with Crippen LogP contribution >= 0.6 is 12.2 Å². The van der Waals surface area contributed by atoms with Crippen LogP contribution in [0.5, 0.6) is 23.1 Å². The maximum atomic E-state index is 15.0. The molecule has 206 valence electrons. The number of benzene rings is 2. The first-order chi connectivity index (χ1) is 18.8. The highest BCUT2D eigenvalue weighted by Gasteiger charge is 2.41. The molecule has 0 spiro atoms. The third-order valence-corrected chi connectivity index (χ3v) is 7.88. The Bertz CT molecular complexity index is 1380. The number of aromatic nitrogens is 2. The quantitative estimate of drug-likeness (QED) is 0.388. The third kappa shape index (κ3) is 5.46. The van der Waals surface area contributed by atoms with Gasteiger partial charge in [-0.15, -0.1) is 0 Å². The van der Waals surface area contributed by atoms with Crippen LogP contribution in [0.25, 0.3) is 10.9 Å². The Morgan fingerprint density at radius 3 is 2.54 bits per heavy atom. The molecule has 0 radical (unpaired) electrons. The SMILES string of the molecule is CCC(Oc1cc2ncnc(Oc3ccc(N(C(C)=O)C(N)=S)cc3F)c2cc1OC)C1CC2CNCC2C1. The minimum absolute atomic E-state index is 0.0723. The van der Waals surface area contributed by atoms with Crippen LogP contribution in [0.4, 0.5) is 10.1 Å². The van der Waals surface area contributed by atoms with Gasteiger partial charge in [0.05, 0.1) is 23.7 Å². The zero-order valence-corrected chi connectivity index (χ0v) is 23.0. The highest BCUT2D eigenvalue weighted by molar-refractivity contribution is 7.80. The number of nitrogens with zero attached hydrogens (tertiary/aromatic N) is 3. The van der Waals surface area contributed by atoms with Crippen molar-refractivity contribution in [3.8, 4) is 23.1 Å². The van der Waals surface area contributed by atoms with Gasteiger partial charge in [-0.05, 0) is 80.5 Å². The standard InChI is InChI=1S/C28H32FN5O4S/c1-4-23(16-7-17-12-31-13-18(17)8-16)37-26-11-22-20(10-25(26)36-3)27(33-14-32-22)38-24-6-5-19(9-21(24)29)34(15(2)35)28(30)39/h5-6,9-11,14,16-18,23,31H,4,7-8,12-13H2,1-3H3,(H2,30,39). The molecule has 1 saturated carbocycles. The maximum absolute atomic E-state index is 15.0. The van der Waals surface area contributed by atoms with Crippen molar-refractivity contribution in [3.05, 3.63) is 42.5 Å².